The molecule has 7 unspecified atom stereocenters. The largest absolute Gasteiger partial charge is 0.495 e. The van der Waals surface area contributed by atoms with Crippen LogP contribution in [0.2, 0.25) is 10.0 Å². The maximum Gasteiger partial charge on any atom is 0.234 e. The SMILES string of the molecule is COc1ccc(NCCC(C)(CC(=O)N2C3CC4CC2CC(O)(C4)C3)c2nc3ccc(Cl)cc3s2)c(C(=N)C(C)(C)C(=O)N2C3CCC4(O)CC2CC(C)(C3)C4)c1Cl. The van der Waals surface area contributed by atoms with Crippen molar-refractivity contribution in [3.05, 3.63) is 50.9 Å². The van der Waals surface area contributed by atoms with Gasteiger partial charge in [-0.2, -0.15) is 0 Å². The molecule has 0 spiro atoms. The summed E-state index contributed by atoms with van der Waals surface area (Å²) < 4.78 is 6.61. The van der Waals surface area contributed by atoms with Crippen molar-refractivity contribution in [1.29, 1.82) is 5.41 Å². The zero-order valence-electron chi connectivity index (χ0n) is 34.3. The van der Waals surface area contributed by atoms with Gasteiger partial charge in [0.2, 0.25) is 11.8 Å². The number of halogens is 2. The van der Waals surface area contributed by atoms with Crippen molar-refractivity contribution in [3.63, 3.8) is 0 Å². The van der Waals surface area contributed by atoms with Gasteiger partial charge in [0.05, 0.1) is 44.7 Å². The quantitative estimate of drug-likeness (QED) is 0.142. The van der Waals surface area contributed by atoms with E-state index < -0.39 is 22.0 Å². The van der Waals surface area contributed by atoms with E-state index in [1.54, 1.807) is 24.5 Å². The van der Waals surface area contributed by atoms with E-state index in [1.165, 1.54) is 0 Å². The molecule has 4 N–H and O–H groups in total. The van der Waals surface area contributed by atoms with Crippen molar-refractivity contribution in [1.82, 2.24) is 14.8 Å². The molecular weight excluding hydrogens is 793 g/mol. The summed E-state index contributed by atoms with van der Waals surface area (Å²) in [6.07, 6.45) is 9.39. The number of nitrogens with zero attached hydrogens (tertiary/aromatic N) is 3. The summed E-state index contributed by atoms with van der Waals surface area (Å²) in [4.78, 5) is 38.5. The standard InChI is InChI=1S/C45H57Cl2N5O5S/c1-41(2,40(54)52-27-10-11-44(55)22-30(52)19-42(3,18-27)24-44)38(48)36-32(8-9-33(57-5)37(36)47)49-13-12-43(4,39-50-31-7-6-26(46)16-34(31)58-39)23-35(53)51-28-14-25-15-29(51)21-45(56,17-25)20-28/h6-9,16,25,27-30,48-49,55-56H,10-15,17-24H2,1-5H3. The molecule has 2 amide bonds. The average Bonchev–Trinajstić information content (AvgIpc) is 3.49. The van der Waals surface area contributed by atoms with Crippen LogP contribution in [0.25, 0.3) is 10.2 Å². The number of carbonyl (C=O) groups excluding carboxylic acids is 2. The molecule has 11 rings (SSSR count). The van der Waals surface area contributed by atoms with E-state index >= 15 is 0 Å². The van der Waals surface area contributed by atoms with Gasteiger partial charge in [-0.15, -0.1) is 11.3 Å². The summed E-state index contributed by atoms with van der Waals surface area (Å²) in [5, 5.41) is 37.9. The van der Waals surface area contributed by atoms with Crippen LogP contribution >= 0.6 is 34.5 Å². The lowest BCUT2D eigenvalue weighted by Crippen LogP contribution is -2.66. The molecule has 8 bridgehead atoms. The first kappa shape index (κ1) is 40.4. The van der Waals surface area contributed by atoms with Crippen molar-refractivity contribution < 1.29 is 24.5 Å². The van der Waals surface area contributed by atoms with E-state index in [4.69, 9.17) is 32.9 Å². The summed E-state index contributed by atoms with van der Waals surface area (Å²) in [6.45, 7) is 8.43. The van der Waals surface area contributed by atoms with Gasteiger partial charge < -0.3 is 35.5 Å². The van der Waals surface area contributed by atoms with Crippen LogP contribution < -0.4 is 10.1 Å². The van der Waals surface area contributed by atoms with Gasteiger partial charge in [-0.1, -0.05) is 37.0 Å². The van der Waals surface area contributed by atoms with Gasteiger partial charge in [-0.05, 0) is 133 Å². The third kappa shape index (κ3) is 6.83. The van der Waals surface area contributed by atoms with Crippen LogP contribution in [0.5, 0.6) is 5.75 Å². The Kier molecular flexibility index (Phi) is 9.79. The molecule has 3 aromatic rings. The Labute approximate surface area is 355 Å². The third-order valence-electron chi connectivity index (χ3n) is 15.1. The lowest BCUT2D eigenvalue weighted by molar-refractivity contribution is -0.175. The second-order valence-electron chi connectivity index (χ2n) is 20.2. The predicted octanol–water partition coefficient (Wildman–Crippen LogP) is 8.74. The van der Waals surface area contributed by atoms with Crippen molar-refractivity contribution in [2.45, 2.75) is 152 Å². The van der Waals surface area contributed by atoms with Crippen LogP contribution in [0.15, 0.2) is 30.3 Å². The van der Waals surface area contributed by atoms with E-state index in [0.717, 1.165) is 60.2 Å². The van der Waals surface area contributed by atoms with Crippen LogP contribution in [0.4, 0.5) is 5.69 Å². The van der Waals surface area contributed by atoms with Crippen molar-refractivity contribution in [2.24, 2.45) is 16.7 Å². The number of hydrogen-bond acceptors (Lipinski definition) is 9. The molecule has 4 aliphatic heterocycles. The second-order valence-corrected chi connectivity index (χ2v) is 22.1. The zero-order chi connectivity index (χ0) is 41.2. The molecule has 7 atom stereocenters. The molecule has 4 saturated heterocycles. The van der Waals surface area contributed by atoms with Gasteiger partial charge >= 0.3 is 0 Å². The van der Waals surface area contributed by atoms with Gasteiger partial charge in [0.1, 0.15) is 10.8 Å². The number of amides is 2. The molecule has 2 aromatic carbocycles. The number of hydrogen-bond donors (Lipinski definition) is 4. The number of carbonyl (C=O) groups is 2. The summed E-state index contributed by atoms with van der Waals surface area (Å²) in [5.41, 5.74) is -1.32. The minimum absolute atomic E-state index is 0.00717. The summed E-state index contributed by atoms with van der Waals surface area (Å²) >= 11 is 15.0. The van der Waals surface area contributed by atoms with Crippen molar-refractivity contribution in [2.75, 3.05) is 19.0 Å². The first-order chi connectivity index (χ1) is 27.3. The van der Waals surface area contributed by atoms with Gasteiger partial charge in [-0.25, -0.2) is 4.98 Å². The summed E-state index contributed by atoms with van der Waals surface area (Å²) in [5.74, 6) is 0.880. The van der Waals surface area contributed by atoms with E-state index in [2.05, 4.69) is 24.1 Å². The molecule has 5 heterocycles. The highest BCUT2D eigenvalue weighted by Crippen LogP contribution is 2.57. The van der Waals surface area contributed by atoms with E-state index in [-0.39, 0.29) is 58.6 Å². The third-order valence-corrected chi connectivity index (χ3v) is 17.0. The first-order valence-electron chi connectivity index (χ1n) is 21.2. The van der Waals surface area contributed by atoms with Gasteiger partial charge in [-0.3, -0.25) is 9.59 Å². The van der Waals surface area contributed by atoms with Crippen LogP contribution in [0.1, 0.15) is 122 Å². The van der Waals surface area contributed by atoms with E-state index in [9.17, 15) is 25.2 Å². The normalized spacial score (nSPS) is 33.4. The number of piperidine rings is 3. The highest BCUT2D eigenvalue weighted by Gasteiger charge is 2.58. The maximum absolute atomic E-state index is 14.8. The zero-order valence-corrected chi connectivity index (χ0v) is 36.6. The highest BCUT2D eigenvalue weighted by atomic mass is 35.5. The predicted molar refractivity (Wildman–Crippen MR) is 229 cm³/mol. The minimum Gasteiger partial charge on any atom is -0.495 e. The fourth-order valence-corrected chi connectivity index (χ4v) is 14.5. The molecule has 1 aromatic heterocycles. The number of aliphatic hydroxyl groups is 2. The number of rotatable bonds is 11. The van der Waals surface area contributed by atoms with E-state index in [0.29, 0.717) is 66.6 Å². The fourth-order valence-electron chi connectivity index (χ4n) is 12.7. The Balaban J connectivity index is 0.986. The van der Waals surface area contributed by atoms with E-state index in [1.807, 2.05) is 43.0 Å². The number of nitrogens with one attached hydrogen (secondary N) is 2. The van der Waals surface area contributed by atoms with Gasteiger partial charge in [0.15, 0.2) is 0 Å². The van der Waals surface area contributed by atoms with Gasteiger partial charge in [0.25, 0.3) is 0 Å². The second kappa shape index (κ2) is 14.0. The van der Waals surface area contributed by atoms with Gasteiger partial charge in [0, 0.05) is 58.8 Å². The molecule has 8 aliphatic rings. The van der Waals surface area contributed by atoms with Crippen LogP contribution in [-0.4, -0.2) is 91.5 Å². The Bertz CT molecular complexity index is 2170. The molecule has 312 valence electrons. The summed E-state index contributed by atoms with van der Waals surface area (Å²) in [7, 11) is 1.54. The number of fused-ring (bicyclic) bond motifs is 2. The minimum atomic E-state index is -1.23. The molecule has 13 heteroatoms. The fraction of sp³-hybridized carbons (Fsp3) is 0.644. The first-order valence-corrected chi connectivity index (χ1v) is 22.7. The molecule has 0 radical (unpaired) electrons. The van der Waals surface area contributed by atoms with Crippen LogP contribution in [-0.2, 0) is 15.0 Å². The average molecular weight is 851 g/mol. The molecule has 58 heavy (non-hydrogen) atoms. The Hall–Kier alpha value is -2.96. The maximum atomic E-state index is 14.8. The molecule has 4 saturated carbocycles. The smallest absolute Gasteiger partial charge is 0.234 e. The number of thiazole rings is 1. The number of benzene rings is 2. The molecule has 8 fully saturated rings. The van der Waals surface area contributed by atoms with Crippen LogP contribution in [0, 0.1) is 22.2 Å². The number of ether oxygens (including phenoxy) is 1. The molecule has 4 aliphatic carbocycles. The number of aromatic nitrogens is 1. The van der Waals surface area contributed by atoms with Crippen molar-refractivity contribution >= 4 is 68.0 Å². The molecular formula is C45H57Cl2N5O5S. The van der Waals surface area contributed by atoms with Crippen LogP contribution in [0.3, 0.4) is 0 Å². The Morgan fingerprint density at radius 2 is 1.69 bits per heavy atom. The van der Waals surface area contributed by atoms with Crippen molar-refractivity contribution in [3.8, 4) is 5.75 Å². The lowest BCUT2D eigenvalue weighted by Gasteiger charge is -2.60. The topological polar surface area (TPSA) is 139 Å². The number of methoxy groups -OCH3 is 1. The Morgan fingerprint density at radius 3 is 2.40 bits per heavy atom. The highest BCUT2D eigenvalue weighted by molar-refractivity contribution is 7.18. The lowest BCUT2D eigenvalue weighted by atomic mass is 9.61. The monoisotopic (exact) mass is 849 g/mol. The number of anilines is 1. The molecule has 10 nitrogen and oxygen atoms in total. The Morgan fingerprint density at radius 1 is 0.983 bits per heavy atom. The summed E-state index contributed by atoms with van der Waals surface area (Å²) in [6, 6.07) is 9.39.